The number of carbonyl (C=O) groups is 1. The first-order valence-corrected chi connectivity index (χ1v) is 6.83. The van der Waals surface area contributed by atoms with Crippen LogP contribution in [0.1, 0.15) is 26.2 Å². The van der Waals surface area contributed by atoms with Gasteiger partial charge in [-0.1, -0.05) is 11.6 Å². The number of amides is 1. The summed E-state index contributed by atoms with van der Waals surface area (Å²) in [4.78, 5) is 14.8. The molecule has 1 amide bonds. The van der Waals surface area contributed by atoms with Gasteiger partial charge in [0, 0.05) is 20.2 Å². The normalized spacial score (nSPS) is 23.7. The summed E-state index contributed by atoms with van der Waals surface area (Å²) in [5, 5.41) is 3.33. The molecule has 0 aromatic rings. The predicted molar refractivity (Wildman–Crippen MR) is 71.4 cm³/mol. The van der Waals surface area contributed by atoms with Gasteiger partial charge in [-0.15, -0.1) is 0 Å². The third-order valence-corrected chi connectivity index (χ3v) is 4.05. The minimum Gasteiger partial charge on any atom is -0.384 e. The zero-order valence-electron chi connectivity index (χ0n) is 11.5. The van der Waals surface area contributed by atoms with Crippen molar-refractivity contribution >= 4 is 5.91 Å². The van der Waals surface area contributed by atoms with Gasteiger partial charge in [0.1, 0.15) is 0 Å². The van der Waals surface area contributed by atoms with Gasteiger partial charge in [-0.2, -0.15) is 0 Å². The Morgan fingerprint density at radius 1 is 1.50 bits per heavy atom. The topological polar surface area (TPSA) is 41.6 Å². The molecule has 1 saturated heterocycles. The number of hydrogen-bond donors (Lipinski definition) is 1. The highest BCUT2D eigenvalue weighted by molar-refractivity contribution is 5.83. The second kappa shape index (κ2) is 5.85. The standard InChI is InChI=1S/C14H24N2O2/c1-12-4-3-9-16(10-12)13(17)14(11-18-2)5-7-15-8-6-14/h4,15H,3,5-11H2,1-2H3. The fraction of sp³-hybridized carbons (Fsp3) is 0.786. The van der Waals surface area contributed by atoms with Crippen molar-refractivity contribution in [3.05, 3.63) is 11.6 Å². The zero-order valence-corrected chi connectivity index (χ0v) is 11.5. The molecular formula is C14H24N2O2. The lowest BCUT2D eigenvalue weighted by atomic mass is 9.78. The van der Waals surface area contributed by atoms with Crippen LogP contribution in [0.15, 0.2) is 11.6 Å². The summed E-state index contributed by atoms with van der Waals surface area (Å²) < 4.78 is 5.33. The van der Waals surface area contributed by atoms with Crippen molar-refractivity contribution in [3.8, 4) is 0 Å². The van der Waals surface area contributed by atoms with Crippen LogP contribution in [0.25, 0.3) is 0 Å². The number of carbonyl (C=O) groups excluding carboxylic acids is 1. The Bertz CT molecular complexity index is 327. The highest BCUT2D eigenvalue weighted by Crippen LogP contribution is 2.32. The second-order valence-electron chi connectivity index (χ2n) is 5.53. The van der Waals surface area contributed by atoms with E-state index in [0.717, 1.165) is 45.4 Å². The molecule has 2 aliphatic rings. The third-order valence-electron chi connectivity index (χ3n) is 4.05. The summed E-state index contributed by atoms with van der Waals surface area (Å²) in [7, 11) is 1.69. The molecule has 18 heavy (non-hydrogen) atoms. The molecule has 2 rings (SSSR count). The molecule has 0 radical (unpaired) electrons. The van der Waals surface area contributed by atoms with Gasteiger partial charge in [0.2, 0.25) is 5.91 Å². The lowest BCUT2D eigenvalue weighted by Crippen LogP contribution is -2.52. The first kappa shape index (κ1) is 13.6. The van der Waals surface area contributed by atoms with E-state index >= 15 is 0 Å². The number of nitrogens with one attached hydrogen (secondary N) is 1. The number of methoxy groups -OCH3 is 1. The van der Waals surface area contributed by atoms with Gasteiger partial charge < -0.3 is 15.0 Å². The van der Waals surface area contributed by atoms with Gasteiger partial charge in [-0.05, 0) is 39.3 Å². The first-order chi connectivity index (χ1) is 8.68. The highest BCUT2D eigenvalue weighted by atomic mass is 16.5. The van der Waals surface area contributed by atoms with E-state index < -0.39 is 0 Å². The molecule has 0 aromatic heterocycles. The van der Waals surface area contributed by atoms with Crippen LogP contribution in [0.4, 0.5) is 0 Å². The van der Waals surface area contributed by atoms with Gasteiger partial charge in [-0.3, -0.25) is 4.79 Å². The summed E-state index contributed by atoms with van der Waals surface area (Å²) >= 11 is 0. The maximum absolute atomic E-state index is 12.8. The fourth-order valence-corrected chi connectivity index (χ4v) is 3.02. The first-order valence-electron chi connectivity index (χ1n) is 6.83. The number of rotatable bonds is 3. The van der Waals surface area contributed by atoms with Crippen LogP contribution < -0.4 is 5.32 Å². The van der Waals surface area contributed by atoms with Gasteiger partial charge in [0.25, 0.3) is 0 Å². The van der Waals surface area contributed by atoms with Crippen LogP contribution in [-0.4, -0.2) is 50.7 Å². The van der Waals surface area contributed by atoms with E-state index in [9.17, 15) is 4.79 Å². The number of piperidine rings is 1. The molecule has 1 fully saturated rings. The monoisotopic (exact) mass is 252 g/mol. The molecule has 0 unspecified atom stereocenters. The van der Waals surface area contributed by atoms with Crippen LogP contribution >= 0.6 is 0 Å². The molecule has 2 aliphatic heterocycles. The van der Waals surface area contributed by atoms with Crippen LogP contribution in [0.2, 0.25) is 0 Å². The molecule has 0 atom stereocenters. The van der Waals surface area contributed by atoms with Gasteiger partial charge in [0.15, 0.2) is 0 Å². The number of ether oxygens (including phenoxy) is 1. The molecule has 0 aromatic carbocycles. The summed E-state index contributed by atoms with van der Waals surface area (Å²) in [5.41, 5.74) is 1.01. The lowest BCUT2D eigenvalue weighted by molar-refractivity contribution is -0.147. The van der Waals surface area contributed by atoms with E-state index in [2.05, 4.69) is 18.3 Å². The molecular weight excluding hydrogens is 228 g/mol. The van der Waals surface area contributed by atoms with Gasteiger partial charge >= 0.3 is 0 Å². The maximum atomic E-state index is 12.8. The molecule has 102 valence electrons. The van der Waals surface area contributed by atoms with Crippen molar-refractivity contribution in [2.24, 2.45) is 5.41 Å². The van der Waals surface area contributed by atoms with Crippen LogP contribution in [0.5, 0.6) is 0 Å². The molecule has 1 N–H and O–H groups in total. The fourth-order valence-electron chi connectivity index (χ4n) is 3.02. The van der Waals surface area contributed by atoms with Gasteiger partial charge in [-0.25, -0.2) is 0 Å². The van der Waals surface area contributed by atoms with Crippen molar-refractivity contribution in [1.29, 1.82) is 0 Å². The Balaban J connectivity index is 2.10. The average molecular weight is 252 g/mol. The molecule has 0 aliphatic carbocycles. The van der Waals surface area contributed by atoms with Crippen LogP contribution in [0.3, 0.4) is 0 Å². The summed E-state index contributed by atoms with van der Waals surface area (Å²) in [6, 6.07) is 0. The van der Waals surface area contributed by atoms with Crippen molar-refractivity contribution in [3.63, 3.8) is 0 Å². The molecule has 0 spiro atoms. The van der Waals surface area contributed by atoms with Crippen molar-refractivity contribution < 1.29 is 9.53 Å². The number of hydrogen-bond acceptors (Lipinski definition) is 3. The van der Waals surface area contributed by atoms with E-state index in [1.807, 2.05) is 4.90 Å². The SMILES string of the molecule is COCC1(C(=O)N2CCC=C(C)C2)CCNCC1. The van der Waals surface area contributed by atoms with E-state index in [-0.39, 0.29) is 5.41 Å². The maximum Gasteiger partial charge on any atom is 0.231 e. The molecule has 4 heteroatoms. The van der Waals surface area contributed by atoms with Crippen molar-refractivity contribution in [2.45, 2.75) is 26.2 Å². The Labute approximate surface area is 109 Å². The Kier molecular flexibility index (Phi) is 4.40. The van der Waals surface area contributed by atoms with Crippen molar-refractivity contribution in [2.75, 3.05) is 39.9 Å². The quantitative estimate of drug-likeness (QED) is 0.767. The molecule has 0 saturated carbocycles. The van der Waals surface area contributed by atoms with Gasteiger partial charge in [0.05, 0.1) is 12.0 Å². The highest BCUT2D eigenvalue weighted by Gasteiger charge is 2.42. The summed E-state index contributed by atoms with van der Waals surface area (Å²) in [6.07, 6.45) is 4.99. The molecule has 2 heterocycles. The summed E-state index contributed by atoms with van der Waals surface area (Å²) in [6.45, 7) is 6.12. The zero-order chi connectivity index (χ0) is 13.0. The smallest absolute Gasteiger partial charge is 0.231 e. The average Bonchev–Trinajstić information content (AvgIpc) is 2.39. The lowest BCUT2D eigenvalue weighted by Gasteiger charge is -2.40. The molecule has 4 nitrogen and oxygen atoms in total. The third kappa shape index (κ3) is 2.75. The number of nitrogens with zero attached hydrogens (tertiary/aromatic N) is 1. The van der Waals surface area contributed by atoms with Crippen LogP contribution in [0, 0.1) is 5.41 Å². The van der Waals surface area contributed by atoms with E-state index in [0.29, 0.717) is 12.5 Å². The van der Waals surface area contributed by atoms with E-state index in [1.165, 1.54) is 5.57 Å². The Morgan fingerprint density at radius 2 is 2.22 bits per heavy atom. The minimum absolute atomic E-state index is 0.290. The Hall–Kier alpha value is -0.870. The molecule has 0 bridgehead atoms. The van der Waals surface area contributed by atoms with Crippen molar-refractivity contribution in [1.82, 2.24) is 10.2 Å². The van der Waals surface area contributed by atoms with E-state index in [1.54, 1.807) is 7.11 Å². The minimum atomic E-state index is -0.294. The second-order valence-corrected chi connectivity index (χ2v) is 5.53. The van der Waals surface area contributed by atoms with E-state index in [4.69, 9.17) is 4.74 Å². The van der Waals surface area contributed by atoms with Crippen LogP contribution in [-0.2, 0) is 9.53 Å². The summed E-state index contributed by atoms with van der Waals surface area (Å²) in [5.74, 6) is 0.290. The largest absolute Gasteiger partial charge is 0.384 e. The Morgan fingerprint density at radius 3 is 2.83 bits per heavy atom. The predicted octanol–water partition coefficient (Wildman–Crippen LogP) is 1.18.